The van der Waals surface area contributed by atoms with Crippen LogP contribution in [-0.2, 0) is 21.1 Å². The molecule has 0 atom stereocenters. The van der Waals surface area contributed by atoms with E-state index in [1.165, 1.54) is 0 Å². The fourth-order valence-electron chi connectivity index (χ4n) is 0. The molecule has 1 nitrogen and oxygen atoms in total. The van der Waals surface area contributed by atoms with Gasteiger partial charge in [0.1, 0.15) is 0 Å². The van der Waals surface area contributed by atoms with Crippen LogP contribution in [0.15, 0.2) is 0 Å². The maximum Gasteiger partial charge on any atom is 0 e. The van der Waals surface area contributed by atoms with E-state index in [0.717, 1.165) is 0 Å². The zero-order valence-electron chi connectivity index (χ0n) is 3.36. The van der Waals surface area contributed by atoms with Crippen molar-refractivity contribution in [3.8, 4) is 0 Å². The van der Waals surface area contributed by atoms with Crippen LogP contribution < -0.4 is 0 Å². The van der Waals surface area contributed by atoms with Crippen molar-refractivity contribution in [3.05, 3.63) is 6.10 Å². The molecule has 0 saturated carbocycles. The quantitative estimate of drug-likeness (QED) is 0.407. The van der Waals surface area contributed by atoms with Crippen molar-refractivity contribution < 1.29 is 26.2 Å². The third kappa shape index (κ3) is 77.6. The number of hydrogen-bond donors (Lipinski definition) is 1. The Kier molecular flexibility index (Phi) is 8.52. The molecule has 0 radical (unpaired) electrons. The molecule has 0 aliphatic carbocycles. The van der Waals surface area contributed by atoms with Gasteiger partial charge in [-0.05, 0) is 0 Å². The maximum absolute atomic E-state index is 7.97. The molecule has 2 heteroatoms. The first-order chi connectivity index (χ1) is 1.73. The summed E-state index contributed by atoms with van der Waals surface area (Å²) in [4.78, 5) is 0. The van der Waals surface area contributed by atoms with E-state index >= 15 is 0 Å². The first-order valence-corrected chi connectivity index (χ1v) is 1.22. The Labute approximate surface area is 46.7 Å². The van der Waals surface area contributed by atoms with E-state index in [1.54, 1.807) is 13.8 Å². The summed E-state index contributed by atoms with van der Waals surface area (Å²) in [5.74, 6) is 0. The minimum absolute atomic E-state index is 0. The van der Waals surface area contributed by atoms with Crippen LogP contribution in [0.5, 0.6) is 0 Å². The number of rotatable bonds is 0. The van der Waals surface area contributed by atoms with Gasteiger partial charge >= 0.3 is 0 Å². The SMILES string of the molecule is C[C-](C)O.[Mo]. The molecule has 32 valence electrons. The monoisotopic (exact) mass is 157 g/mol. The van der Waals surface area contributed by atoms with Crippen molar-refractivity contribution in [2.75, 3.05) is 0 Å². The fraction of sp³-hybridized carbons (Fsp3) is 0.667. The van der Waals surface area contributed by atoms with Crippen molar-refractivity contribution >= 4 is 0 Å². The number of aliphatic hydroxyl groups is 1. The molecule has 0 saturated heterocycles. The standard InChI is InChI=1S/C3H7O.Mo/c1-3(2)4;/h4H,1-2H3;/q-1;. The third-order valence-electron chi connectivity index (χ3n) is 0. The molecule has 0 aromatic rings. The molecule has 5 heavy (non-hydrogen) atoms. The van der Waals surface area contributed by atoms with Gasteiger partial charge in [-0.2, -0.15) is 13.8 Å². The van der Waals surface area contributed by atoms with E-state index in [9.17, 15) is 0 Å². The zero-order chi connectivity index (χ0) is 3.58. The summed E-state index contributed by atoms with van der Waals surface area (Å²) in [6, 6.07) is 0. The van der Waals surface area contributed by atoms with Gasteiger partial charge in [-0.25, -0.2) is 6.10 Å². The second kappa shape index (κ2) is 4.65. The van der Waals surface area contributed by atoms with Crippen LogP contribution >= 0.6 is 0 Å². The van der Waals surface area contributed by atoms with Gasteiger partial charge in [-0.15, -0.1) is 0 Å². The Hall–Kier alpha value is 0.648. The average Bonchev–Trinajstić information content (AvgIpc) is 0.811. The van der Waals surface area contributed by atoms with Crippen molar-refractivity contribution in [2.24, 2.45) is 0 Å². The first kappa shape index (κ1) is 9.17. The van der Waals surface area contributed by atoms with E-state index in [-0.39, 0.29) is 21.1 Å². The molecule has 0 aliphatic rings. The molecule has 0 heterocycles. The number of hydrogen-bond acceptors (Lipinski definition) is 1. The summed E-state index contributed by atoms with van der Waals surface area (Å²) in [6.07, 6.45) is 0.417. The van der Waals surface area contributed by atoms with E-state index in [1.807, 2.05) is 0 Å². The van der Waals surface area contributed by atoms with Crippen LogP contribution in [0.4, 0.5) is 0 Å². The summed E-state index contributed by atoms with van der Waals surface area (Å²) in [5, 5.41) is 7.97. The van der Waals surface area contributed by atoms with Gasteiger partial charge in [0, 0.05) is 21.1 Å². The smallest absolute Gasteiger partial charge is 0 e. The van der Waals surface area contributed by atoms with Gasteiger partial charge in [-0.3, -0.25) is 0 Å². The predicted molar refractivity (Wildman–Crippen MR) is 16.5 cm³/mol. The summed E-state index contributed by atoms with van der Waals surface area (Å²) in [5.41, 5.74) is 0. The zero-order valence-corrected chi connectivity index (χ0v) is 5.36. The Morgan fingerprint density at radius 1 is 1.40 bits per heavy atom. The van der Waals surface area contributed by atoms with E-state index in [0.29, 0.717) is 6.10 Å². The van der Waals surface area contributed by atoms with Crippen LogP contribution in [0.3, 0.4) is 0 Å². The molecule has 0 aromatic heterocycles. The van der Waals surface area contributed by atoms with Gasteiger partial charge < -0.3 is 5.11 Å². The van der Waals surface area contributed by atoms with Gasteiger partial charge in [-0.1, -0.05) is 0 Å². The van der Waals surface area contributed by atoms with E-state index in [4.69, 9.17) is 5.11 Å². The van der Waals surface area contributed by atoms with Crippen molar-refractivity contribution in [3.63, 3.8) is 0 Å². The minimum Gasteiger partial charge on any atom is -0.563 e. The molecule has 0 unspecified atom stereocenters. The van der Waals surface area contributed by atoms with Crippen LogP contribution in [0.2, 0.25) is 0 Å². The molecule has 0 bridgehead atoms. The van der Waals surface area contributed by atoms with Crippen molar-refractivity contribution in [1.29, 1.82) is 0 Å². The normalized spacial score (nSPS) is 7.20. The fourth-order valence-corrected chi connectivity index (χ4v) is 0. The van der Waals surface area contributed by atoms with E-state index in [2.05, 4.69) is 0 Å². The second-order valence-corrected chi connectivity index (χ2v) is 0.947. The summed E-state index contributed by atoms with van der Waals surface area (Å²) < 4.78 is 0. The molecule has 0 spiro atoms. The Morgan fingerprint density at radius 3 is 1.40 bits per heavy atom. The maximum atomic E-state index is 7.97. The summed E-state index contributed by atoms with van der Waals surface area (Å²) >= 11 is 0. The predicted octanol–water partition coefficient (Wildman–Crippen LogP) is 0.928. The molecule has 1 N–H and O–H groups in total. The van der Waals surface area contributed by atoms with Crippen molar-refractivity contribution in [1.82, 2.24) is 0 Å². The van der Waals surface area contributed by atoms with Gasteiger partial charge in [0.15, 0.2) is 0 Å². The third-order valence-corrected chi connectivity index (χ3v) is 0. The van der Waals surface area contributed by atoms with E-state index < -0.39 is 0 Å². The Morgan fingerprint density at radius 2 is 1.40 bits per heavy atom. The molecular weight excluding hydrogens is 148 g/mol. The molecular formula is C3H7MoO-. The van der Waals surface area contributed by atoms with Gasteiger partial charge in [0.2, 0.25) is 0 Å². The van der Waals surface area contributed by atoms with Gasteiger partial charge in [0.05, 0.1) is 0 Å². The Bertz CT molecular complexity index is 11.6. The Balaban J connectivity index is 0. The molecule has 0 fully saturated rings. The molecule has 0 amide bonds. The van der Waals surface area contributed by atoms with Crippen LogP contribution in [0.1, 0.15) is 13.8 Å². The molecule has 0 aromatic carbocycles. The minimum atomic E-state index is 0. The van der Waals surface area contributed by atoms with Crippen LogP contribution in [-0.4, -0.2) is 5.11 Å². The molecule has 0 aliphatic heterocycles. The molecule has 0 rings (SSSR count). The van der Waals surface area contributed by atoms with Gasteiger partial charge in [0.25, 0.3) is 0 Å². The first-order valence-electron chi connectivity index (χ1n) is 1.22. The average molecular weight is 155 g/mol. The topological polar surface area (TPSA) is 20.2 Å². The summed E-state index contributed by atoms with van der Waals surface area (Å²) in [7, 11) is 0. The van der Waals surface area contributed by atoms with Crippen LogP contribution in [0.25, 0.3) is 0 Å². The summed E-state index contributed by atoms with van der Waals surface area (Å²) in [6.45, 7) is 3.28. The van der Waals surface area contributed by atoms with Crippen LogP contribution in [0, 0.1) is 6.10 Å². The largest absolute Gasteiger partial charge is 0.563 e. The van der Waals surface area contributed by atoms with Crippen molar-refractivity contribution in [2.45, 2.75) is 13.8 Å². The second-order valence-electron chi connectivity index (χ2n) is 0.947. The number of aliphatic hydroxyl groups excluding tert-OH is 1.